The molecule has 164 valence electrons. The minimum absolute atomic E-state index is 0.0392. The van der Waals surface area contributed by atoms with Crippen molar-refractivity contribution in [1.29, 1.82) is 0 Å². The van der Waals surface area contributed by atoms with E-state index in [1.807, 2.05) is 0 Å². The molecule has 1 heterocycles. The zero-order valence-corrected chi connectivity index (χ0v) is 18.8. The lowest BCUT2D eigenvalue weighted by Gasteiger charge is -2.03. The first-order chi connectivity index (χ1) is 14.1. The van der Waals surface area contributed by atoms with Crippen molar-refractivity contribution in [2.75, 3.05) is 5.32 Å². The molecule has 0 atom stereocenters. The monoisotopic (exact) mass is 422 g/mol. The fourth-order valence-electron chi connectivity index (χ4n) is 3.14. The summed E-state index contributed by atoms with van der Waals surface area (Å²) < 4.78 is 0. The lowest BCUT2D eigenvalue weighted by atomic mass is 10.1. The second kappa shape index (κ2) is 17.2. The van der Waals surface area contributed by atoms with Crippen LogP contribution in [0.1, 0.15) is 103 Å². The van der Waals surface area contributed by atoms with Gasteiger partial charge in [-0.3, -0.25) is 9.59 Å². The van der Waals surface area contributed by atoms with Gasteiger partial charge < -0.3 is 10.4 Å². The molecule has 5 nitrogen and oxygen atoms in total. The summed E-state index contributed by atoms with van der Waals surface area (Å²) in [5.41, 5.74) is 0.486. The molecule has 0 aromatic carbocycles. The van der Waals surface area contributed by atoms with Crippen molar-refractivity contribution in [2.45, 2.75) is 103 Å². The largest absolute Gasteiger partial charge is 0.481 e. The van der Waals surface area contributed by atoms with Gasteiger partial charge in [0.05, 0.1) is 12.1 Å². The van der Waals surface area contributed by atoms with Crippen LogP contribution in [0.2, 0.25) is 0 Å². The van der Waals surface area contributed by atoms with E-state index in [0.29, 0.717) is 17.2 Å². The maximum absolute atomic E-state index is 11.9. The highest BCUT2D eigenvalue weighted by atomic mass is 32.1. The van der Waals surface area contributed by atoms with Crippen LogP contribution in [0, 0.1) is 0 Å². The quantitative estimate of drug-likeness (QED) is 0.203. The first kappa shape index (κ1) is 25.3. The Labute approximate surface area is 180 Å². The minimum Gasteiger partial charge on any atom is -0.481 e. The van der Waals surface area contributed by atoms with Crippen molar-refractivity contribution in [3.63, 3.8) is 0 Å². The Morgan fingerprint density at radius 3 is 2.17 bits per heavy atom. The molecular weight excluding hydrogens is 384 g/mol. The number of carbonyl (C=O) groups is 2. The average Bonchev–Trinajstić information content (AvgIpc) is 3.10. The number of thiazole rings is 1. The van der Waals surface area contributed by atoms with Crippen LogP contribution in [0.15, 0.2) is 17.5 Å². The van der Waals surface area contributed by atoms with Crippen LogP contribution in [0.5, 0.6) is 0 Å². The maximum atomic E-state index is 11.9. The van der Waals surface area contributed by atoms with Gasteiger partial charge in [-0.15, -0.1) is 11.3 Å². The van der Waals surface area contributed by atoms with Crippen LogP contribution >= 0.6 is 11.3 Å². The SMILES string of the molecule is CCCCCC/C=C/CCCCCCCCCC(=O)Nc1nc(CC(=O)O)cs1. The van der Waals surface area contributed by atoms with Crippen molar-refractivity contribution in [2.24, 2.45) is 0 Å². The molecular formula is C23H38N2O3S. The third-order valence-corrected chi connectivity index (χ3v) is 5.60. The number of hydrogen-bond donors (Lipinski definition) is 2. The normalized spacial score (nSPS) is 11.2. The molecule has 0 unspecified atom stereocenters. The molecule has 6 heteroatoms. The van der Waals surface area contributed by atoms with Gasteiger partial charge in [-0.25, -0.2) is 4.98 Å². The van der Waals surface area contributed by atoms with Gasteiger partial charge in [-0.2, -0.15) is 0 Å². The molecule has 1 aromatic heterocycles. The van der Waals surface area contributed by atoms with Gasteiger partial charge in [0.1, 0.15) is 0 Å². The lowest BCUT2D eigenvalue weighted by molar-refractivity contribution is -0.136. The standard InChI is InChI=1S/C23H38N2O3S/c1-2-3-4-5-6-7-8-9-10-11-12-13-14-15-16-17-21(26)25-23-24-20(19-29-23)18-22(27)28/h7-8,19H,2-6,9-18H2,1H3,(H,27,28)(H,24,25,26)/b8-7+. The number of carboxylic acid groups (broad SMARTS) is 1. The molecule has 2 N–H and O–H groups in total. The van der Waals surface area contributed by atoms with Gasteiger partial charge in [0.15, 0.2) is 5.13 Å². The molecule has 0 bridgehead atoms. The fraction of sp³-hybridized carbons (Fsp3) is 0.696. The number of anilines is 1. The number of carboxylic acids is 1. The Morgan fingerprint density at radius 2 is 1.55 bits per heavy atom. The molecule has 0 radical (unpaired) electrons. The highest BCUT2D eigenvalue weighted by molar-refractivity contribution is 7.13. The highest BCUT2D eigenvalue weighted by Crippen LogP contribution is 2.17. The molecule has 0 aliphatic heterocycles. The summed E-state index contributed by atoms with van der Waals surface area (Å²) in [5.74, 6) is -0.954. The summed E-state index contributed by atoms with van der Waals surface area (Å²) in [7, 11) is 0. The first-order valence-corrected chi connectivity index (χ1v) is 12.1. The Bertz CT molecular complexity index is 599. The molecule has 29 heavy (non-hydrogen) atoms. The number of hydrogen-bond acceptors (Lipinski definition) is 4. The lowest BCUT2D eigenvalue weighted by Crippen LogP contribution is -2.11. The van der Waals surface area contributed by atoms with Crippen LogP contribution in [-0.2, 0) is 16.0 Å². The van der Waals surface area contributed by atoms with Gasteiger partial charge in [0.2, 0.25) is 5.91 Å². The average molecular weight is 423 g/mol. The molecule has 1 rings (SSSR count). The van der Waals surface area contributed by atoms with Gasteiger partial charge in [0, 0.05) is 11.8 Å². The number of allylic oxidation sites excluding steroid dienone is 2. The zero-order valence-electron chi connectivity index (χ0n) is 18.0. The number of rotatable bonds is 18. The molecule has 0 saturated heterocycles. The van der Waals surface area contributed by atoms with Crippen LogP contribution in [-0.4, -0.2) is 22.0 Å². The van der Waals surface area contributed by atoms with E-state index in [1.54, 1.807) is 5.38 Å². The van der Waals surface area contributed by atoms with E-state index in [2.05, 4.69) is 29.4 Å². The van der Waals surface area contributed by atoms with E-state index in [9.17, 15) is 9.59 Å². The topological polar surface area (TPSA) is 79.3 Å². The van der Waals surface area contributed by atoms with Crippen molar-refractivity contribution in [3.8, 4) is 0 Å². The van der Waals surface area contributed by atoms with Crippen LogP contribution in [0.4, 0.5) is 5.13 Å². The smallest absolute Gasteiger partial charge is 0.309 e. The predicted octanol–water partition coefficient (Wildman–Crippen LogP) is 6.75. The number of amides is 1. The molecule has 1 aromatic rings. The highest BCUT2D eigenvalue weighted by Gasteiger charge is 2.08. The number of unbranched alkanes of at least 4 members (excludes halogenated alkanes) is 11. The van der Waals surface area contributed by atoms with Crippen LogP contribution in [0.3, 0.4) is 0 Å². The van der Waals surface area contributed by atoms with Crippen LogP contribution < -0.4 is 5.32 Å². The van der Waals surface area contributed by atoms with Gasteiger partial charge in [-0.05, 0) is 32.1 Å². The maximum Gasteiger partial charge on any atom is 0.309 e. The second-order valence-electron chi connectivity index (χ2n) is 7.60. The Balaban J connectivity index is 1.90. The third-order valence-electron chi connectivity index (χ3n) is 4.80. The molecule has 1 amide bonds. The number of nitrogens with zero attached hydrogens (tertiary/aromatic N) is 1. The molecule has 0 aliphatic carbocycles. The van der Waals surface area contributed by atoms with E-state index in [1.165, 1.54) is 82.0 Å². The summed E-state index contributed by atoms with van der Waals surface area (Å²) in [6, 6.07) is 0. The van der Waals surface area contributed by atoms with E-state index in [-0.39, 0.29) is 12.3 Å². The summed E-state index contributed by atoms with van der Waals surface area (Å²) in [6.07, 6.45) is 21.1. The van der Waals surface area contributed by atoms with Crippen molar-refractivity contribution in [1.82, 2.24) is 4.98 Å². The van der Waals surface area contributed by atoms with Crippen LogP contribution in [0.25, 0.3) is 0 Å². The Kier molecular flexibility index (Phi) is 15.0. The van der Waals surface area contributed by atoms with Crippen molar-refractivity contribution >= 4 is 28.3 Å². The van der Waals surface area contributed by atoms with E-state index < -0.39 is 5.97 Å². The molecule has 0 aliphatic rings. The van der Waals surface area contributed by atoms with Gasteiger partial charge in [0.25, 0.3) is 0 Å². The van der Waals surface area contributed by atoms with E-state index in [0.717, 1.165) is 12.8 Å². The first-order valence-electron chi connectivity index (χ1n) is 11.2. The predicted molar refractivity (Wildman–Crippen MR) is 122 cm³/mol. The molecule has 0 saturated carbocycles. The number of carbonyl (C=O) groups excluding carboxylic acids is 1. The Morgan fingerprint density at radius 1 is 0.966 bits per heavy atom. The van der Waals surface area contributed by atoms with E-state index in [4.69, 9.17) is 5.11 Å². The summed E-state index contributed by atoms with van der Waals surface area (Å²) in [4.78, 5) is 26.7. The van der Waals surface area contributed by atoms with E-state index >= 15 is 0 Å². The number of aromatic nitrogens is 1. The summed E-state index contributed by atoms with van der Waals surface area (Å²) >= 11 is 1.27. The second-order valence-corrected chi connectivity index (χ2v) is 8.46. The number of nitrogens with one attached hydrogen (secondary N) is 1. The summed E-state index contributed by atoms with van der Waals surface area (Å²) in [5, 5.41) is 13.6. The van der Waals surface area contributed by atoms with Gasteiger partial charge >= 0.3 is 5.97 Å². The van der Waals surface area contributed by atoms with Crippen molar-refractivity contribution < 1.29 is 14.7 Å². The third kappa shape index (κ3) is 14.9. The van der Waals surface area contributed by atoms with Crippen molar-refractivity contribution in [3.05, 3.63) is 23.2 Å². The molecule has 0 fully saturated rings. The Hall–Kier alpha value is -1.69. The summed E-state index contributed by atoms with van der Waals surface area (Å²) in [6.45, 7) is 2.25. The minimum atomic E-state index is -0.914. The van der Waals surface area contributed by atoms with Gasteiger partial charge in [-0.1, -0.05) is 70.4 Å². The zero-order chi connectivity index (χ0) is 21.2. The fourth-order valence-corrected chi connectivity index (χ4v) is 3.87. The molecule has 0 spiro atoms. The number of aliphatic carboxylic acids is 1.